The first-order valence-electron chi connectivity index (χ1n) is 10.1. The summed E-state index contributed by atoms with van der Waals surface area (Å²) in [4.78, 5) is 27.5. The van der Waals surface area contributed by atoms with Gasteiger partial charge in [-0.15, -0.1) is 0 Å². The minimum Gasteiger partial charge on any atom is -0.507 e. The maximum absolute atomic E-state index is 13.1. The van der Waals surface area contributed by atoms with Crippen LogP contribution in [0.1, 0.15) is 35.4 Å². The third-order valence-corrected chi connectivity index (χ3v) is 5.33. The predicted octanol–water partition coefficient (Wildman–Crippen LogP) is 4.92. The number of benzene rings is 2. The summed E-state index contributed by atoms with van der Waals surface area (Å²) in [6.45, 7) is 6.15. The maximum atomic E-state index is 13.1. The first-order valence-corrected chi connectivity index (χ1v) is 10.1. The van der Waals surface area contributed by atoms with Crippen LogP contribution in [-0.4, -0.2) is 23.4 Å². The van der Waals surface area contributed by atoms with Crippen LogP contribution < -0.4 is 9.64 Å². The van der Waals surface area contributed by atoms with E-state index in [-0.39, 0.29) is 11.3 Å². The van der Waals surface area contributed by atoms with Gasteiger partial charge in [0.05, 0.1) is 18.4 Å². The molecule has 2 aromatic carbocycles. The van der Waals surface area contributed by atoms with Crippen molar-refractivity contribution >= 4 is 23.1 Å². The molecule has 1 fully saturated rings. The van der Waals surface area contributed by atoms with Gasteiger partial charge in [-0.05, 0) is 68.8 Å². The van der Waals surface area contributed by atoms with Crippen LogP contribution >= 0.6 is 0 Å². The number of aryl methyl sites for hydroxylation is 2. The van der Waals surface area contributed by atoms with Crippen LogP contribution in [0.15, 0.2) is 70.9 Å². The molecule has 0 bridgehead atoms. The zero-order chi connectivity index (χ0) is 22.1. The molecule has 1 unspecified atom stereocenters. The lowest BCUT2D eigenvalue weighted by Gasteiger charge is -2.23. The van der Waals surface area contributed by atoms with Crippen LogP contribution in [0.3, 0.4) is 0 Å². The number of ether oxygens (including phenoxy) is 1. The lowest BCUT2D eigenvalue weighted by Crippen LogP contribution is -2.29. The molecular weight excluding hydrogens is 394 g/mol. The molecule has 0 aliphatic carbocycles. The number of amides is 1. The fourth-order valence-electron chi connectivity index (χ4n) is 3.82. The van der Waals surface area contributed by atoms with Gasteiger partial charge >= 0.3 is 0 Å². The third-order valence-electron chi connectivity index (χ3n) is 5.33. The number of hydrogen-bond donors (Lipinski definition) is 1. The standard InChI is InChI=1S/C25H23NO5/c1-4-30-18-11-9-17(10-12-18)26-22(20-6-5-13-31-20)21(24(28)25(26)29)23(27)19-14-15(2)7-8-16(19)3/h5-14,22,27H,4H2,1-3H3/b23-21-. The van der Waals surface area contributed by atoms with Gasteiger partial charge in [0.2, 0.25) is 0 Å². The third kappa shape index (κ3) is 3.61. The van der Waals surface area contributed by atoms with E-state index in [1.165, 1.54) is 11.2 Å². The fourth-order valence-corrected chi connectivity index (χ4v) is 3.82. The quantitative estimate of drug-likeness (QED) is 0.362. The van der Waals surface area contributed by atoms with Gasteiger partial charge in [0.15, 0.2) is 0 Å². The summed E-state index contributed by atoms with van der Waals surface area (Å²) in [5.41, 5.74) is 2.76. The van der Waals surface area contributed by atoms with E-state index in [0.717, 1.165) is 11.1 Å². The van der Waals surface area contributed by atoms with Crippen molar-refractivity contribution in [2.45, 2.75) is 26.8 Å². The summed E-state index contributed by atoms with van der Waals surface area (Å²) < 4.78 is 11.1. The molecule has 4 rings (SSSR count). The van der Waals surface area contributed by atoms with Crippen molar-refractivity contribution in [3.8, 4) is 5.75 Å². The Morgan fingerprint density at radius 3 is 2.48 bits per heavy atom. The van der Waals surface area contributed by atoms with Crippen LogP contribution in [0, 0.1) is 13.8 Å². The van der Waals surface area contributed by atoms with E-state index in [0.29, 0.717) is 29.4 Å². The smallest absolute Gasteiger partial charge is 0.300 e. The summed E-state index contributed by atoms with van der Waals surface area (Å²) in [5.74, 6) is -0.645. The second-order valence-corrected chi connectivity index (χ2v) is 7.43. The zero-order valence-corrected chi connectivity index (χ0v) is 17.6. The number of Topliss-reactive ketones (excluding diaryl/α,β-unsaturated/α-hetero) is 1. The van der Waals surface area contributed by atoms with Crippen LogP contribution in [0.4, 0.5) is 5.69 Å². The number of carbonyl (C=O) groups is 2. The molecule has 2 heterocycles. The first kappa shape index (κ1) is 20.5. The van der Waals surface area contributed by atoms with E-state index >= 15 is 0 Å². The molecule has 1 saturated heterocycles. The minimum absolute atomic E-state index is 0.00235. The number of ketones is 1. The number of carbonyl (C=O) groups excluding carboxylic acids is 2. The molecule has 3 aromatic rings. The van der Waals surface area contributed by atoms with Crippen molar-refractivity contribution in [3.05, 3.63) is 88.9 Å². The highest BCUT2D eigenvalue weighted by atomic mass is 16.5. The number of aliphatic hydroxyl groups excluding tert-OH is 1. The predicted molar refractivity (Wildman–Crippen MR) is 117 cm³/mol. The van der Waals surface area contributed by atoms with Gasteiger partial charge in [0.1, 0.15) is 23.3 Å². The minimum atomic E-state index is -0.882. The SMILES string of the molecule is CCOc1ccc(N2C(=O)C(=O)/C(=C(\O)c3cc(C)ccc3C)C2c2ccco2)cc1. The van der Waals surface area contributed by atoms with Crippen molar-refractivity contribution in [3.63, 3.8) is 0 Å². The summed E-state index contributed by atoms with van der Waals surface area (Å²) in [5, 5.41) is 11.2. The lowest BCUT2D eigenvalue weighted by atomic mass is 9.96. The maximum Gasteiger partial charge on any atom is 0.300 e. The van der Waals surface area contributed by atoms with Crippen LogP contribution in [0.25, 0.3) is 5.76 Å². The number of rotatable bonds is 5. The molecule has 1 aromatic heterocycles. The Hall–Kier alpha value is -3.80. The molecule has 1 aliphatic rings. The Bertz CT molecular complexity index is 1160. The van der Waals surface area contributed by atoms with E-state index in [2.05, 4.69) is 0 Å². The normalized spacial score (nSPS) is 17.9. The van der Waals surface area contributed by atoms with Crippen molar-refractivity contribution in [1.82, 2.24) is 0 Å². The second-order valence-electron chi connectivity index (χ2n) is 7.43. The number of aliphatic hydroxyl groups is 1. The molecule has 0 saturated carbocycles. The van der Waals surface area contributed by atoms with Crippen molar-refractivity contribution in [2.24, 2.45) is 0 Å². The van der Waals surface area contributed by atoms with Crippen LogP contribution in [-0.2, 0) is 9.59 Å². The van der Waals surface area contributed by atoms with Gasteiger partial charge in [0.25, 0.3) is 11.7 Å². The lowest BCUT2D eigenvalue weighted by molar-refractivity contribution is -0.132. The Labute approximate surface area is 180 Å². The molecule has 0 spiro atoms. The molecule has 0 radical (unpaired) electrons. The average molecular weight is 417 g/mol. The van der Waals surface area contributed by atoms with Gasteiger partial charge in [-0.2, -0.15) is 0 Å². The van der Waals surface area contributed by atoms with Gasteiger partial charge in [-0.3, -0.25) is 14.5 Å². The molecule has 31 heavy (non-hydrogen) atoms. The highest BCUT2D eigenvalue weighted by Gasteiger charge is 2.48. The fraction of sp³-hybridized carbons (Fsp3) is 0.200. The number of furan rings is 1. The van der Waals surface area contributed by atoms with E-state index in [1.54, 1.807) is 42.5 Å². The largest absolute Gasteiger partial charge is 0.507 e. The Morgan fingerprint density at radius 1 is 1.10 bits per heavy atom. The summed E-state index contributed by atoms with van der Waals surface area (Å²) >= 11 is 0. The van der Waals surface area contributed by atoms with Crippen molar-refractivity contribution in [1.29, 1.82) is 0 Å². The molecule has 1 aliphatic heterocycles. The average Bonchev–Trinajstić information content (AvgIpc) is 3.37. The van der Waals surface area contributed by atoms with Gasteiger partial charge < -0.3 is 14.3 Å². The van der Waals surface area contributed by atoms with Crippen LogP contribution in [0.5, 0.6) is 5.75 Å². The number of anilines is 1. The van der Waals surface area contributed by atoms with Gasteiger partial charge in [-0.25, -0.2) is 0 Å². The Morgan fingerprint density at radius 2 is 1.84 bits per heavy atom. The summed E-state index contributed by atoms with van der Waals surface area (Å²) in [6.07, 6.45) is 1.48. The van der Waals surface area contributed by atoms with E-state index in [9.17, 15) is 14.7 Å². The molecule has 1 atom stereocenters. The molecular formula is C25H23NO5. The van der Waals surface area contributed by atoms with Crippen molar-refractivity contribution < 1.29 is 23.8 Å². The molecule has 1 N–H and O–H groups in total. The Balaban J connectivity index is 1.89. The second kappa shape index (κ2) is 8.14. The molecule has 6 nitrogen and oxygen atoms in total. The van der Waals surface area contributed by atoms with E-state index in [4.69, 9.17) is 9.15 Å². The summed E-state index contributed by atoms with van der Waals surface area (Å²) in [7, 11) is 0. The van der Waals surface area contributed by atoms with Crippen LogP contribution in [0.2, 0.25) is 0 Å². The number of nitrogens with zero attached hydrogens (tertiary/aromatic N) is 1. The highest BCUT2D eigenvalue weighted by Crippen LogP contribution is 2.43. The summed E-state index contributed by atoms with van der Waals surface area (Å²) in [6, 6.07) is 15.0. The van der Waals surface area contributed by atoms with E-state index in [1.807, 2.05) is 32.9 Å². The van der Waals surface area contributed by atoms with E-state index < -0.39 is 17.7 Å². The zero-order valence-electron chi connectivity index (χ0n) is 17.6. The molecule has 1 amide bonds. The topological polar surface area (TPSA) is 80.0 Å². The first-order chi connectivity index (χ1) is 14.9. The van der Waals surface area contributed by atoms with Gasteiger partial charge in [-0.1, -0.05) is 17.7 Å². The molecule has 6 heteroatoms. The van der Waals surface area contributed by atoms with Gasteiger partial charge in [0, 0.05) is 11.3 Å². The monoisotopic (exact) mass is 417 g/mol. The Kier molecular flexibility index (Phi) is 5.38. The van der Waals surface area contributed by atoms with Crippen molar-refractivity contribution in [2.75, 3.05) is 11.5 Å². The molecule has 158 valence electrons. The highest BCUT2D eigenvalue weighted by molar-refractivity contribution is 6.51. The number of hydrogen-bond acceptors (Lipinski definition) is 5.